The number of carbonyl (C=O) groups excluding carboxylic acids is 1. The third-order valence-corrected chi connectivity index (χ3v) is 2.97. The summed E-state index contributed by atoms with van der Waals surface area (Å²) in [6, 6.07) is 5.68. The number of hydrogen-bond acceptors (Lipinski definition) is 2. The lowest BCUT2D eigenvalue weighted by atomic mass is 10.1. The van der Waals surface area contributed by atoms with Crippen molar-refractivity contribution in [3.63, 3.8) is 0 Å². The Morgan fingerprint density at radius 2 is 1.88 bits per heavy atom. The summed E-state index contributed by atoms with van der Waals surface area (Å²) in [4.78, 5) is 11.7. The van der Waals surface area contributed by atoms with Crippen molar-refractivity contribution in [2.45, 2.75) is 46.5 Å². The highest BCUT2D eigenvalue weighted by molar-refractivity contribution is 5.89. The Morgan fingerprint density at radius 1 is 1.12 bits per heavy atom. The fourth-order valence-electron chi connectivity index (χ4n) is 1.65. The zero-order valence-electron chi connectivity index (χ0n) is 11.1. The number of rotatable bonds is 6. The second-order valence-electron chi connectivity index (χ2n) is 4.50. The zero-order chi connectivity index (χ0) is 12.7. The summed E-state index contributed by atoms with van der Waals surface area (Å²) >= 11 is 0. The molecule has 0 aliphatic carbocycles. The average Bonchev–Trinajstić information content (AvgIpc) is 2.32. The van der Waals surface area contributed by atoms with Crippen molar-refractivity contribution in [3.05, 3.63) is 34.9 Å². The average molecular weight is 234 g/mol. The molecule has 2 heteroatoms. The van der Waals surface area contributed by atoms with Gasteiger partial charge in [-0.15, -0.1) is 0 Å². The van der Waals surface area contributed by atoms with Gasteiger partial charge < -0.3 is 4.74 Å². The van der Waals surface area contributed by atoms with Gasteiger partial charge in [-0.25, -0.2) is 4.79 Å². The van der Waals surface area contributed by atoms with E-state index < -0.39 is 0 Å². The summed E-state index contributed by atoms with van der Waals surface area (Å²) in [5, 5.41) is 0. The molecule has 0 amide bonds. The normalized spacial score (nSPS) is 10.3. The Bertz CT molecular complexity index is 369. The first-order valence-electron chi connectivity index (χ1n) is 6.39. The molecular formula is C15H22O2. The maximum atomic E-state index is 11.7. The highest BCUT2D eigenvalue weighted by Crippen LogP contribution is 2.11. The topological polar surface area (TPSA) is 26.3 Å². The molecule has 94 valence electrons. The highest BCUT2D eigenvalue weighted by atomic mass is 16.5. The Hall–Kier alpha value is -1.31. The molecule has 0 saturated carbocycles. The van der Waals surface area contributed by atoms with Crippen LogP contribution in [0.25, 0.3) is 0 Å². The predicted molar refractivity (Wildman–Crippen MR) is 70.3 cm³/mol. The zero-order valence-corrected chi connectivity index (χ0v) is 11.1. The van der Waals surface area contributed by atoms with Crippen molar-refractivity contribution in [2.75, 3.05) is 6.61 Å². The lowest BCUT2D eigenvalue weighted by Crippen LogP contribution is -2.07. The van der Waals surface area contributed by atoms with Crippen LogP contribution in [0.4, 0.5) is 0 Å². The molecule has 0 radical (unpaired) electrons. The molecule has 0 heterocycles. The van der Waals surface area contributed by atoms with Crippen LogP contribution in [0.2, 0.25) is 0 Å². The van der Waals surface area contributed by atoms with Crippen molar-refractivity contribution in [1.29, 1.82) is 0 Å². The van der Waals surface area contributed by atoms with E-state index in [1.165, 1.54) is 18.4 Å². The van der Waals surface area contributed by atoms with Crippen LogP contribution in [0, 0.1) is 13.8 Å². The molecule has 2 nitrogen and oxygen atoms in total. The van der Waals surface area contributed by atoms with Crippen LogP contribution in [0.3, 0.4) is 0 Å². The quantitative estimate of drug-likeness (QED) is 0.548. The highest BCUT2D eigenvalue weighted by Gasteiger charge is 2.07. The number of aryl methyl sites for hydroxylation is 2. The van der Waals surface area contributed by atoms with Gasteiger partial charge in [-0.3, -0.25) is 0 Å². The molecule has 0 fully saturated rings. The lowest BCUT2D eigenvalue weighted by Gasteiger charge is -2.06. The fourth-order valence-corrected chi connectivity index (χ4v) is 1.65. The third kappa shape index (κ3) is 4.59. The first-order chi connectivity index (χ1) is 8.15. The van der Waals surface area contributed by atoms with Crippen molar-refractivity contribution < 1.29 is 9.53 Å². The standard InChI is InChI=1S/C15H22O2/c1-4-5-6-7-10-17-15(16)14-9-8-12(2)13(3)11-14/h8-9,11H,4-7,10H2,1-3H3. The Balaban J connectivity index is 2.39. The van der Waals surface area contributed by atoms with Crippen LogP contribution in [-0.4, -0.2) is 12.6 Å². The number of ether oxygens (including phenoxy) is 1. The number of hydrogen-bond donors (Lipinski definition) is 0. The largest absolute Gasteiger partial charge is 0.462 e. The van der Waals surface area contributed by atoms with Crippen LogP contribution in [0.5, 0.6) is 0 Å². The van der Waals surface area contributed by atoms with Gasteiger partial charge in [-0.05, 0) is 43.5 Å². The number of unbranched alkanes of at least 4 members (excludes halogenated alkanes) is 3. The monoisotopic (exact) mass is 234 g/mol. The number of esters is 1. The van der Waals surface area contributed by atoms with Gasteiger partial charge in [-0.1, -0.05) is 32.3 Å². The van der Waals surface area contributed by atoms with Gasteiger partial charge in [0.2, 0.25) is 0 Å². The SMILES string of the molecule is CCCCCCOC(=O)c1ccc(C)c(C)c1. The molecule has 0 N–H and O–H groups in total. The van der Waals surface area contributed by atoms with E-state index in [1.54, 1.807) is 0 Å². The first kappa shape index (κ1) is 13.8. The molecule has 0 aromatic heterocycles. The molecule has 0 aliphatic heterocycles. The van der Waals surface area contributed by atoms with Gasteiger partial charge in [0, 0.05) is 0 Å². The van der Waals surface area contributed by atoms with Gasteiger partial charge in [0.15, 0.2) is 0 Å². The van der Waals surface area contributed by atoms with Gasteiger partial charge in [-0.2, -0.15) is 0 Å². The Kier molecular flexibility index (Phi) is 5.75. The molecule has 1 rings (SSSR count). The summed E-state index contributed by atoms with van der Waals surface area (Å²) < 4.78 is 5.23. The molecule has 17 heavy (non-hydrogen) atoms. The van der Waals surface area contributed by atoms with Crippen LogP contribution in [0.15, 0.2) is 18.2 Å². The van der Waals surface area contributed by atoms with Crippen molar-refractivity contribution >= 4 is 5.97 Å². The van der Waals surface area contributed by atoms with Crippen molar-refractivity contribution in [1.82, 2.24) is 0 Å². The van der Waals surface area contributed by atoms with E-state index in [1.807, 2.05) is 32.0 Å². The summed E-state index contributed by atoms with van der Waals surface area (Å²) in [5.41, 5.74) is 2.98. The Labute approximate surface area is 104 Å². The summed E-state index contributed by atoms with van der Waals surface area (Å²) in [6.07, 6.45) is 4.51. The van der Waals surface area contributed by atoms with Crippen LogP contribution in [-0.2, 0) is 4.74 Å². The fraction of sp³-hybridized carbons (Fsp3) is 0.533. The van der Waals surface area contributed by atoms with E-state index in [4.69, 9.17) is 4.74 Å². The van der Waals surface area contributed by atoms with Crippen molar-refractivity contribution in [2.24, 2.45) is 0 Å². The maximum absolute atomic E-state index is 11.7. The van der Waals surface area contributed by atoms with E-state index in [-0.39, 0.29) is 5.97 Å². The number of benzene rings is 1. The summed E-state index contributed by atoms with van der Waals surface area (Å²) in [7, 11) is 0. The molecule has 0 aliphatic rings. The van der Waals surface area contributed by atoms with Crippen LogP contribution in [0.1, 0.15) is 54.1 Å². The molecule has 0 saturated heterocycles. The number of carbonyl (C=O) groups is 1. The molecule has 0 bridgehead atoms. The molecule has 1 aromatic rings. The van der Waals surface area contributed by atoms with E-state index in [0.29, 0.717) is 12.2 Å². The molecule has 0 atom stereocenters. The van der Waals surface area contributed by atoms with Gasteiger partial charge in [0.1, 0.15) is 0 Å². The Morgan fingerprint density at radius 3 is 2.53 bits per heavy atom. The van der Waals surface area contributed by atoms with E-state index >= 15 is 0 Å². The third-order valence-electron chi connectivity index (χ3n) is 2.97. The lowest BCUT2D eigenvalue weighted by molar-refractivity contribution is 0.0497. The first-order valence-corrected chi connectivity index (χ1v) is 6.39. The van der Waals surface area contributed by atoms with Gasteiger partial charge in [0.25, 0.3) is 0 Å². The minimum Gasteiger partial charge on any atom is -0.462 e. The van der Waals surface area contributed by atoms with Crippen molar-refractivity contribution in [3.8, 4) is 0 Å². The molecular weight excluding hydrogens is 212 g/mol. The minimum absolute atomic E-state index is 0.204. The van der Waals surface area contributed by atoms with E-state index in [2.05, 4.69) is 6.92 Å². The summed E-state index contributed by atoms with van der Waals surface area (Å²) in [6.45, 7) is 6.75. The van der Waals surface area contributed by atoms with E-state index in [9.17, 15) is 4.79 Å². The smallest absolute Gasteiger partial charge is 0.338 e. The molecule has 1 aromatic carbocycles. The second-order valence-corrected chi connectivity index (χ2v) is 4.50. The van der Waals surface area contributed by atoms with E-state index in [0.717, 1.165) is 18.4 Å². The molecule has 0 unspecified atom stereocenters. The predicted octanol–water partition coefficient (Wildman–Crippen LogP) is 4.04. The molecule has 0 spiro atoms. The summed E-state index contributed by atoms with van der Waals surface area (Å²) in [5.74, 6) is -0.204. The van der Waals surface area contributed by atoms with Crippen LogP contribution < -0.4 is 0 Å². The minimum atomic E-state index is -0.204. The van der Waals surface area contributed by atoms with Gasteiger partial charge in [0.05, 0.1) is 12.2 Å². The second kappa shape index (κ2) is 7.10. The maximum Gasteiger partial charge on any atom is 0.338 e. The van der Waals surface area contributed by atoms with Crippen LogP contribution >= 0.6 is 0 Å². The van der Waals surface area contributed by atoms with Gasteiger partial charge >= 0.3 is 5.97 Å².